The van der Waals surface area contributed by atoms with Crippen molar-refractivity contribution in [2.75, 3.05) is 0 Å². The van der Waals surface area contributed by atoms with Crippen molar-refractivity contribution < 1.29 is 32.2 Å². The number of hydrogen-bond donors (Lipinski definition) is 4. The number of phenolic OH excluding ortho intramolecular Hbond substituents is 2. The number of phosphoric ester groups is 1. The summed E-state index contributed by atoms with van der Waals surface area (Å²) in [6, 6.07) is 1.77. The van der Waals surface area contributed by atoms with Gasteiger partial charge < -0.3 is 14.7 Å². The minimum atomic E-state index is -4.81. The first-order chi connectivity index (χ1) is 6.83. The highest BCUT2D eigenvalue weighted by molar-refractivity contribution is 14.1. The summed E-state index contributed by atoms with van der Waals surface area (Å²) >= 11 is -1.88. The summed E-state index contributed by atoms with van der Waals surface area (Å²) in [7, 11) is -4.81. The second-order valence-electron chi connectivity index (χ2n) is 2.44. The van der Waals surface area contributed by atoms with E-state index in [0.717, 1.165) is 12.1 Å². The number of rotatable bonds is 3. The Kier molecular flexibility index (Phi) is 3.66. The average molecular weight is 348 g/mol. The number of phosphoric acid groups is 1. The van der Waals surface area contributed by atoms with Crippen LogP contribution in [0.4, 0.5) is 0 Å². The largest absolute Gasteiger partial charge is 0.524 e. The van der Waals surface area contributed by atoms with Gasteiger partial charge in [0.25, 0.3) is 0 Å². The summed E-state index contributed by atoms with van der Waals surface area (Å²) in [5.74, 6) is -1.46. The topological polar surface area (TPSA) is 124 Å². The van der Waals surface area contributed by atoms with Crippen LogP contribution < -0.4 is 4.52 Å². The molecule has 15 heavy (non-hydrogen) atoms. The second-order valence-corrected chi connectivity index (χ2v) is 5.12. The van der Waals surface area contributed by atoms with E-state index in [4.69, 9.17) is 14.9 Å². The first-order valence-corrected chi connectivity index (χ1v) is 6.90. The van der Waals surface area contributed by atoms with Crippen LogP contribution in [0.25, 0.3) is 0 Å². The predicted molar refractivity (Wildman–Crippen MR) is 55.8 cm³/mol. The van der Waals surface area contributed by atoms with Gasteiger partial charge in [-0.25, -0.2) is 4.57 Å². The lowest BCUT2D eigenvalue weighted by atomic mass is 10.3. The molecule has 0 aliphatic carbocycles. The van der Waals surface area contributed by atoms with Gasteiger partial charge in [0.15, 0.2) is 26.9 Å². The minimum absolute atomic E-state index is 0.213. The molecule has 84 valence electrons. The molecule has 0 spiro atoms. The van der Waals surface area contributed by atoms with Crippen LogP contribution in [0.1, 0.15) is 0 Å². The predicted octanol–water partition coefficient (Wildman–Crippen LogP) is 1.06. The highest BCUT2D eigenvalue weighted by Crippen LogP contribution is 2.44. The molecule has 0 bridgehead atoms. The van der Waals surface area contributed by atoms with E-state index in [2.05, 4.69) is 4.52 Å². The molecule has 0 aliphatic rings. The Morgan fingerprint density at radius 2 is 1.87 bits per heavy atom. The van der Waals surface area contributed by atoms with Gasteiger partial charge in [-0.05, 0) is 0 Å². The van der Waals surface area contributed by atoms with Gasteiger partial charge in [-0.2, -0.15) is 0 Å². The first-order valence-electron chi connectivity index (χ1n) is 3.41. The Hall–Kier alpha value is -0.700. The number of halogens is 1. The smallest absolute Gasteiger partial charge is 0.508 e. The maximum atomic E-state index is 10.7. The van der Waals surface area contributed by atoms with Crippen molar-refractivity contribution in [3.63, 3.8) is 0 Å². The van der Waals surface area contributed by atoms with Crippen LogP contribution in [0.15, 0.2) is 12.1 Å². The number of hydrogen-bond acceptors (Lipinski definition) is 5. The molecule has 7 nitrogen and oxygen atoms in total. The summed E-state index contributed by atoms with van der Waals surface area (Å²) in [6.07, 6.45) is 0. The van der Waals surface area contributed by atoms with E-state index >= 15 is 0 Å². The molecule has 0 amide bonds. The quantitative estimate of drug-likeness (QED) is 0.475. The maximum absolute atomic E-state index is 10.7. The fraction of sp³-hybridized carbons (Fsp3) is 0. The molecule has 1 aromatic rings. The van der Waals surface area contributed by atoms with Crippen LogP contribution >= 0.6 is 29.0 Å². The van der Waals surface area contributed by atoms with Crippen molar-refractivity contribution in [2.45, 2.75) is 0 Å². The Labute approximate surface area is 94.2 Å². The van der Waals surface area contributed by atoms with Gasteiger partial charge in [-0.15, -0.1) is 0 Å². The molecule has 1 aromatic carbocycles. The summed E-state index contributed by atoms with van der Waals surface area (Å²) in [5.41, 5.74) is 0. The highest BCUT2D eigenvalue weighted by atomic mass is 127. The third-order valence-corrected chi connectivity index (χ3v) is 3.26. The van der Waals surface area contributed by atoms with E-state index in [1.807, 2.05) is 0 Å². The first kappa shape index (κ1) is 12.4. The van der Waals surface area contributed by atoms with Gasteiger partial charge in [-0.3, -0.25) is 12.9 Å². The van der Waals surface area contributed by atoms with Crippen molar-refractivity contribution in [3.05, 3.63) is 15.7 Å². The fourth-order valence-corrected chi connectivity index (χ4v) is 2.28. The molecule has 0 radical (unpaired) electrons. The van der Waals surface area contributed by atoms with E-state index in [1.54, 1.807) is 0 Å². The lowest BCUT2D eigenvalue weighted by Crippen LogP contribution is -1.92. The van der Waals surface area contributed by atoms with Gasteiger partial charge in [0.2, 0.25) is 0 Å². The van der Waals surface area contributed by atoms with E-state index < -0.39 is 46.3 Å². The maximum Gasteiger partial charge on any atom is 0.524 e. The monoisotopic (exact) mass is 348 g/mol. The van der Waals surface area contributed by atoms with Gasteiger partial charge in [-0.1, -0.05) is 0 Å². The van der Waals surface area contributed by atoms with E-state index in [9.17, 15) is 12.7 Å². The van der Waals surface area contributed by atoms with Crippen molar-refractivity contribution in [1.29, 1.82) is 0 Å². The number of benzene rings is 1. The van der Waals surface area contributed by atoms with Crippen LogP contribution in [-0.2, 0) is 7.63 Å². The standard InChI is InChI=1S/C6H6IO7P/c8-3-1-4(9)6(7-10)5(2-3)14-15(11,12)13/h1-2,8-9H,(H2,11,12,13). The van der Waals surface area contributed by atoms with Crippen LogP contribution in [0.3, 0.4) is 0 Å². The van der Waals surface area contributed by atoms with Crippen molar-refractivity contribution in [1.82, 2.24) is 0 Å². The van der Waals surface area contributed by atoms with Crippen molar-refractivity contribution in [3.8, 4) is 17.2 Å². The molecule has 0 fully saturated rings. The van der Waals surface area contributed by atoms with E-state index in [0.29, 0.717) is 0 Å². The second kappa shape index (κ2) is 4.44. The fourth-order valence-electron chi connectivity index (χ4n) is 0.841. The molecule has 0 unspecified atom stereocenters. The van der Waals surface area contributed by atoms with Gasteiger partial charge in [0.1, 0.15) is 15.1 Å². The normalized spacial score (nSPS) is 11.3. The van der Waals surface area contributed by atoms with Gasteiger partial charge >= 0.3 is 7.82 Å². The van der Waals surface area contributed by atoms with Crippen molar-refractivity contribution >= 4 is 29.0 Å². The van der Waals surface area contributed by atoms with Crippen molar-refractivity contribution in [2.24, 2.45) is 0 Å². The SMILES string of the molecule is O=Ic1c(O)cc(O)cc1OP(=O)(O)O. The lowest BCUT2D eigenvalue weighted by Gasteiger charge is -2.09. The molecule has 0 saturated carbocycles. The van der Waals surface area contributed by atoms with E-state index in [1.165, 1.54) is 0 Å². The molecular formula is C6H6IO7P. The zero-order valence-electron chi connectivity index (χ0n) is 6.99. The van der Waals surface area contributed by atoms with Gasteiger partial charge in [0, 0.05) is 12.1 Å². The van der Waals surface area contributed by atoms with Crippen LogP contribution in [0, 0.1) is 3.57 Å². The zero-order chi connectivity index (χ0) is 11.6. The molecular weight excluding hydrogens is 342 g/mol. The molecule has 0 heterocycles. The molecule has 0 atom stereocenters. The summed E-state index contributed by atoms with van der Waals surface area (Å²) in [4.78, 5) is 17.0. The minimum Gasteiger partial charge on any atom is -0.508 e. The Morgan fingerprint density at radius 1 is 1.27 bits per heavy atom. The summed E-state index contributed by atoms with van der Waals surface area (Å²) in [6.45, 7) is 0. The third-order valence-electron chi connectivity index (χ3n) is 1.30. The summed E-state index contributed by atoms with van der Waals surface area (Å²) < 4.78 is 25.2. The number of phenols is 2. The Morgan fingerprint density at radius 3 is 2.33 bits per heavy atom. The Bertz CT molecular complexity index is 439. The zero-order valence-corrected chi connectivity index (χ0v) is 10.0. The lowest BCUT2D eigenvalue weighted by molar-refractivity contribution is 0.281. The number of aromatic hydroxyl groups is 2. The molecule has 0 saturated heterocycles. The Balaban J connectivity index is 3.27. The molecule has 0 aliphatic heterocycles. The third kappa shape index (κ3) is 3.42. The van der Waals surface area contributed by atoms with E-state index in [-0.39, 0.29) is 3.57 Å². The molecule has 0 aromatic heterocycles. The average Bonchev–Trinajstić information content (AvgIpc) is 1.99. The molecule has 1 rings (SSSR count). The van der Waals surface area contributed by atoms with Crippen LogP contribution in [0.5, 0.6) is 17.2 Å². The highest BCUT2D eigenvalue weighted by Gasteiger charge is 2.21. The molecule has 9 heteroatoms. The van der Waals surface area contributed by atoms with Crippen LogP contribution in [-0.4, -0.2) is 20.0 Å². The van der Waals surface area contributed by atoms with Gasteiger partial charge in [0.05, 0.1) is 0 Å². The molecule has 4 N–H and O–H groups in total. The van der Waals surface area contributed by atoms with Crippen LogP contribution in [0.2, 0.25) is 0 Å². The summed E-state index contributed by atoms with van der Waals surface area (Å²) in [5, 5.41) is 18.2.